The lowest BCUT2D eigenvalue weighted by Gasteiger charge is -2.33. The van der Waals surface area contributed by atoms with Gasteiger partial charge in [0.25, 0.3) is 5.89 Å². The van der Waals surface area contributed by atoms with Crippen LogP contribution in [0.4, 0.5) is 5.69 Å². The molecule has 3 amide bonds. The Kier molecular flexibility index (Phi) is 3.90. The van der Waals surface area contributed by atoms with Gasteiger partial charge in [-0.05, 0) is 31.9 Å². The van der Waals surface area contributed by atoms with Crippen LogP contribution in [-0.4, -0.2) is 51.4 Å². The lowest BCUT2D eigenvalue weighted by Crippen LogP contribution is -2.59. The molecule has 2 aliphatic rings. The van der Waals surface area contributed by atoms with E-state index in [1.54, 1.807) is 31.2 Å². The number of hydrogen-bond donors (Lipinski definition) is 2. The maximum atomic E-state index is 12.6. The zero-order valence-corrected chi connectivity index (χ0v) is 14.1. The number of rotatable bonds is 2. The molecule has 4 rings (SSSR count). The van der Waals surface area contributed by atoms with Crippen molar-refractivity contribution in [3.63, 3.8) is 0 Å². The van der Waals surface area contributed by atoms with Gasteiger partial charge in [0.2, 0.25) is 5.91 Å². The Bertz CT molecular complexity index is 893. The van der Waals surface area contributed by atoms with Crippen LogP contribution in [0.5, 0.6) is 0 Å². The summed E-state index contributed by atoms with van der Waals surface area (Å²) in [6.45, 7) is 2.07. The maximum Gasteiger partial charge on any atom is 0.313 e. The van der Waals surface area contributed by atoms with Gasteiger partial charge in [-0.3, -0.25) is 14.4 Å². The molecule has 0 spiro atoms. The highest BCUT2D eigenvalue weighted by Crippen LogP contribution is 2.29. The van der Waals surface area contributed by atoms with Gasteiger partial charge in [0, 0.05) is 6.54 Å². The van der Waals surface area contributed by atoms with E-state index in [0.717, 1.165) is 0 Å². The van der Waals surface area contributed by atoms with Gasteiger partial charge in [-0.1, -0.05) is 17.3 Å². The highest BCUT2D eigenvalue weighted by molar-refractivity contribution is 6.40. The fourth-order valence-electron chi connectivity index (χ4n) is 3.46. The first-order chi connectivity index (χ1) is 12.5. The molecule has 1 aromatic carbocycles. The van der Waals surface area contributed by atoms with Gasteiger partial charge in [-0.15, -0.1) is 0 Å². The summed E-state index contributed by atoms with van der Waals surface area (Å²) >= 11 is 0. The Morgan fingerprint density at radius 2 is 2.12 bits per heavy atom. The summed E-state index contributed by atoms with van der Waals surface area (Å²) < 4.78 is 5.15. The summed E-state index contributed by atoms with van der Waals surface area (Å²) in [4.78, 5) is 42.6. The molecule has 2 unspecified atom stereocenters. The van der Waals surface area contributed by atoms with Gasteiger partial charge in [-0.2, -0.15) is 4.98 Å². The fourth-order valence-corrected chi connectivity index (χ4v) is 3.46. The zero-order valence-electron chi connectivity index (χ0n) is 14.1. The van der Waals surface area contributed by atoms with Crippen LogP contribution in [0.2, 0.25) is 0 Å². The molecule has 2 aromatic rings. The Balaban J connectivity index is 1.56. The molecule has 9 heteroatoms. The van der Waals surface area contributed by atoms with Crippen molar-refractivity contribution in [2.75, 3.05) is 11.9 Å². The third-order valence-electron chi connectivity index (χ3n) is 4.68. The Labute approximate surface area is 148 Å². The Morgan fingerprint density at radius 1 is 1.31 bits per heavy atom. The molecule has 2 atom stereocenters. The van der Waals surface area contributed by atoms with E-state index in [1.807, 2.05) is 0 Å². The second kappa shape index (κ2) is 6.25. The molecule has 2 aliphatic heterocycles. The van der Waals surface area contributed by atoms with Crippen molar-refractivity contribution in [1.82, 2.24) is 20.4 Å². The molecule has 9 nitrogen and oxygen atoms in total. The van der Waals surface area contributed by atoms with E-state index in [0.29, 0.717) is 36.5 Å². The average molecular weight is 355 g/mol. The van der Waals surface area contributed by atoms with E-state index >= 15 is 0 Å². The summed E-state index contributed by atoms with van der Waals surface area (Å²) in [7, 11) is 0. The number of fused-ring (bicyclic) bond motifs is 2. The number of hydrogen-bond acceptors (Lipinski definition) is 6. The quantitative estimate of drug-likeness (QED) is 0.757. The molecule has 3 heterocycles. The topological polar surface area (TPSA) is 117 Å². The number of carbonyl (C=O) groups is 3. The van der Waals surface area contributed by atoms with Crippen molar-refractivity contribution in [2.24, 2.45) is 0 Å². The number of nitrogens with zero attached hydrogens (tertiary/aromatic N) is 3. The molecule has 0 saturated carbocycles. The van der Waals surface area contributed by atoms with Crippen molar-refractivity contribution in [1.29, 1.82) is 0 Å². The first-order valence-corrected chi connectivity index (χ1v) is 8.35. The number of para-hydroxylation sites is 1. The minimum atomic E-state index is -0.791. The van der Waals surface area contributed by atoms with Gasteiger partial charge in [0.15, 0.2) is 5.82 Å². The monoisotopic (exact) mass is 355 g/mol. The summed E-state index contributed by atoms with van der Waals surface area (Å²) in [5, 5.41) is 9.11. The number of nitrogens with one attached hydrogen (secondary N) is 2. The van der Waals surface area contributed by atoms with Crippen molar-refractivity contribution in [3.8, 4) is 11.5 Å². The zero-order chi connectivity index (χ0) is 18.3. The number of aryl methyl sites for hydroxylation is 1. The lowest BCUT2D eigenvalue weighted by molar-refractivity contribution is -0.149. The highest BCUT2D eigenvalue weighted by atomic mass is 16.5. The molecular formula is C17H17N5O4. The standard InChI is InChI=1S/C17H17N5O4/c1-9-19-16(26-21-9)11-4-2-3-5-12(11)20-15(24)17(25)22-10-6-7-13(22)14(23)18-8-10/h2-5,10,13H,6-8H2,1H3,(H,18,23)(H,20,24). The van der Waals surface area contributed by atoms with Crippen molar-refractivity contribution in [3.05, 3.63) is 30.1 Å². The second-order valence-corrected chi connectivity index (χ2v) is 6.35. The van der Waals surface area contributed by atoms with E-state index in [1.165, 1.54) is 4.90 Å². The molecule has 134 valence electrons. The van der Waals surface area contributed by atoms with E-state index in [-0.39, 0.29) is 17.8 Å². The van der Waals surface area contributed by atoms with Crippen LogP contribution in [-0.2, 0) is 14.4 Å². The number of piperazine rings is 1. The van der Waals surface area contributed by atoms with Crippen molar-refractivity contribution >= 4 is 23.4 Å². The van der Waals surface area contributed by atoms with Crippen molar-refractivity contribution < 1.29 is 18.9 Å². The van der Waals surface area contributed by atoms with Crippen LogP contribution in [0.25, 0.3) is 11.5 Å². The van der Waals surface area contributed by atoms with Crippen LogP contribution in [0.3, 0.4) is 0 Å². The largest absolute Gasteiger partial charge is 0.352 e. The molecule has 0 radical (unpaired) electrons. The van der Waals surface area contributed by atoms with Gasteiger partial charge < -0.3 is 20.1 Å². The molecule has 2 saturated heterocycles. The summed E-state index contributed by atoms with van der Waals surface area (Å²) in [5.74, 6) is -0.984. The van der Waals surface area contributed by atoms with Gasteiger partial charge in [-0.25, -0.2) is 0 Å². The van der Waals surface area contributed by atoms with Crippen LogP contribution >= 0.6 is 0 Å². The van der Waals surface area contributed by atoms with Gasteiger partial charge >= 0.3 is 11.8 Å². The highest BCUT2D eigenvalue weighted by Gasteiger charge is 2.46. The number of carbonyl (C=O) groups excluding carboxylic acids is 3. The molecular weight excluding hydrogens is 338 g/mol. The van der Waals surface area contributed by atoms with E-state index in [4.69, 9.17) is 4.52 Å². The smallest absolute Gasteiger partial charge is 0.313 e. The minimum Gasteiger partial charge on any atom is -0.352 e. The molecule has 26 heavy (non-hydrogen) atoms. The van der Waals surface area contributed by atoms with Crippen molar-refractivity contribution in [2.45, 2.75) is 31.8 Å². The summed E-state index contributed by atoms with van der Waals surface area (Å²) in [6, 6.07) is 6.15. The fraction of sp³-hybridized carbons (Fsp3) is 0.353. The predicted molar refractivity (Wildman–Crippen MR) is 89.8 cm³/mol. The van der Waals surface area contributed by atoms with E-state index < -0.39 is 17.9 Å². The number of aromatic nitrogens is 2. The third kappa shape index (κ3) is 2.71. The minimum absolute atomic E-state index is 0.134. The molecule has 2 bridgehead atoms. The second-order valence-electron chi connectivity index (χ2n) is 6.35. The number of benzene rings is 1. The maximum absolute atomic E-state index is 12.6. The normalized spacial score (nSPS) is 21.4. The van der Waals surface area contributed by atoms with Gasteiger partial charge in [0.1, 0.15) is 6.04 Å². The van der Waals surface area contributed by atoms with Crippen LogP contribution < -0.4 is 10.6 Å². The molecule has 2 N–H and O–H groups in total. The Hall–Kier alpha value is -3.23. The van der Waals surface area contributed by atoms with Crippen LogP contribution in [0.1, 0.15) is 18.7 Å². The van der Waals surface area contributed by atoms with Crippen LogP contribution in [0, 0.1) is 6.92 Å². The van der Waals surface area contributed by atoms with E-state index in [2.05, 4.69) is 20.8 Å². The predicted octanol–water partition coefficient (Wildman–Crippen LogP) is 0.473. The summed E-state index contributed by atoms with van der Waals surface area (Å²) in [6.07, 6.45) is 1.29. The molecule has 0 aliphatic carbocycles. The third-order valence-corrected chi connectivity index (χ3v) is 4.68. The lowest BCUT2D eigenvalue weighted by atomic mass is 10.1. The number of amides is 3. The first kappa shape index (κ1) is 16.2. The molecule has 2 fully saturated rings. The molecule has 1 aromatic heterocycles. The first-order valence-electron chi connectivity index (χ1n) is 8.35. The average Bonchev–Trinajstić information content (AvgIpc) is 3.21. The number of anilines is 1. The van der Waals surface area contributed by atoms with Crippen LogP contribution in [0.15, 0.2) is 28.8 Å². The SMILES string of the molecule is Cc1noc(-c2ccccc2NC(=O)C(=O)N2C3CCC2C(=O)NC3)n1. The van der Waals surface area contributed by atoms with Gasteiger partial charge in [0.05, 0.1) is 17.3 Å². The Morgan fingerprint density at radius 3 is 2.88 bits per heavy atom. The van der Waals surface area contributed by atoms with E-state index in [9.17, 15) is 14.4 Å². The summed E-state index contributed by atoms with van der Waals surface area (Å²) in [5.41, 5.74) is 0.914.